The van der Waals surface area contributed by atoms with E-state index in [4.69, 9.17) is 29.4 Å². The van der Waals surface area contributed by atoms with Gasteiger partial charge < -0.3 is 15.6 Å². The number of aromatic nitrogens is 3. The van der Waals surface area contributed by atoms with Crippen LogP contribution in [-0.4, -0.2) is 35.7 Å². The number of nitrogens with zero attached hydrogens (tertiary/aromatic N) is 3. The van der Waals surface area contributed by atoms with Gasteiger partial charge in [0.1, 0.15) is 5.69 Å². The molecular formula is C24H25N5O3S. The average Bonchev–Trinajstić information content (AvgIpc) is 3.31. The molecule has 0 unspecified atom stereocenters. The Morgan fingerprint density at radius 3 is 2.70 bits per heavy atom. The molecule has 9 heteroatoms. The van der Waals surface area contributed by atoms with Crippen molar-refractivity contribution in [3.05, 3.63) is 66.3 Å². The fraction of sp³-hybridized carbons (Fsp3) is 0.208. The molecule has 0 fully saturated rings. The number of hydrogen-bond donors (Lipinski definition) is 2. The average molecular weight is 478 g/mol. The van der Waals surface area contributed by atoms with Crippen LogP contribution in [0.2, 0.25) is 0 Å². The predicted octanol–water partition coefficient (Wildman–Crippen LogP) is 3.95. The van der Waals surface area contributed by atoms with Crippen molar-refractivity contribution in [1.82, 2.24) is 20.4 Å². The van der Waals surface area contributed by atoms with Gasteiger partial charge in [0.25, 0.3) is 0 Å². The highest BCUT2D eigenvalue weighted by Gasteiger charge is 2.20. The van der Waals surface area contributed by atoms with Crippen molar-refractivity contribution in [3.63, 3.8) is 0 Å². The fourth-order valence-electron chi connectivity index (χ4n) is 2.81. The number of hydrogen-bond acceptors (Lipinski definition) is 8. The Hall–Kier alpha value is -3.56. The van der Waals surface area contributed by atoms with Crippen LogP contribution >= 0.6 is 0 Å². The molecule has 170 valence electrons. The zero-order valence-corrected chi connectivity index (χ0v) is 17.5. The summed E-state index contributed by atoms with van der Waals surface area (Å²) in [5.74, 6) is -0.472. The lowest BCUT2D eigenvalue weighted by atomic mass is 10.1. The molecule has 0 saturated heterocycles. The maximum Gasteiger partial charge on any atom is 0.189 e. The molecule has 3 N–H and O–H groups in total. The van der Waals surface area contributed by atoms with Crippen molar-refractivity contribution in [3.8, 4) is 34.0 Å². The Bertz CT molecular complexity index is 1910. The van der Waals surface area contributed by atoms with Crippen LogP contribution in [0.1, 0.15) is 38.5 Å². The molecule has 33 heavy (non-hydrogen) atoms. The van der Waals surface area contributed by atoms with E-state index in [2.05, 4.69) is 15.1 Å². The second kappa shape index (κ2) is 9.13. The third-order valence-electron chi connectivity index (χ3n) is 4.48. The molecule has 0 aliphatic carbocycles. The summed E-state index contributed by atoms with van der Waals surface area (Å²) in [4.78, 5) is 7.42. The summed E-state index contributed by atoms with van der Waals surface area (Å²) in [6.45, 7) is -12.7. The van der Waals surface area contributed by atoms with Gasteiger partial charge in [-0.25, -0.2) is 18.4 Å². The first-order chi connectivity index (χ1) is 21.3. The highest BCUT2D eigenvalue weighted by atomic mass is 32.2. The first-order valence-corrected chi connectivity index (χ1v) is 10.7. The summed E-state index contributed by atoms with van der Waals surface area (Å²) in [5, 5.41) is 1.85. The molecule has 8 nitrogen and oxygen atoms in total. The Morgan fingerprint density at radius 2 is 1.97 bits per heavy atom. The lowest BCUT2D eigenvalue weighted by Crippen LogP contribution is -2.13. The van der Waals surface area contributed by atoms with Gasteiger partial charge in [-0.3, -0.25) is 0 Å². The highest BCUT2D eigenvalue weighted by molar-refractivity contribution is 7.92. The van der Waals surface area contributed by atoms with Gasteiger partial charge in [-0.1, -0.05) is 41.5 Å². The van der Waals surface area contributed by atoms with Crippen molar-refractivity contribution in [1.29, 1.82) is 0 Å². The molecule has 2 heterocycles. The van der Waals surface area contributed by atoms with Crippen molar-refractivity contribution in [2.45, 2.75) is 30.3 Å². The summed E-state index contributed by atoms with van der Waals surface area (Å²) < 4.78 is 140. The van der Waals surface area contributed by atoms with Gasteiger partial charge in [0, 0.05) is 40.1 Å². The lowest BCUT2D eigenvalue weighted by molar-refractivity contribution is 0.434. The normalized spacial score (nSPS) is 19.9. The van der Waals surface area contributed by atoms with E-state index < -0.39 is 53.2 Å². The number of nitrogens with one attached hydrogen (secondary N) is 1. The van der Waals surface area contributed by atoms with Gasteiger partial charge in [-0.05, 0) is 38.4 Å². The maximum absolute atomic E-state index is 13.2. The molecule has 2 aromatic heterocycles. The van der Waals surface area contributed by atoms with E-state index in [-0.39, 0.29) is 45.8 Å². The molecule has 0 aliphatic rings. The van der Waals surface area contributed by atoms with E-state index in [0.717, 1.165) is 18.3 Å². The number of nitrogen functional groups attached to an aromatic ring is 1. The minimum atomic E-state index is -5.38. The van der Waals surface area contributed by atoms with Gasteiger partial charge in [0.15, 0.2) is 27.1 Å². The van der Waals surface area contributed by atoms with E-state index in [1.54, 1.807) is 0 Å². The molecule has 4 aromatic rings. The molecule has 0 saturated carbocycles. The van der Waals surface area contributed by atoms with Crippen molar-refractivity contribution >= 4 is 15.7 Å². The first kappa shape index (κ1) is 11.0. The third-order valence-corrected chi connectivity index (χ3v) is 5.89. The van der Waals surface area contributed by atoms with E-state index in [1.165, 1.54) is 24.3 Å². The van der Waals surface area contributed by atoms with E-state index in [0.29, 0.717) is 11.6 Å². The van der Waals surface area contributed by atoms with Gasteiger partial charge in [0.2, 0.25) is 0 Å². The lowest BCUT2D eigenvalue weighted by Gasteiger charge is -2.09. The standard InChI is InChI=1S/C24H25N5O3S/c1-15(2)33(30,31)19-10-8-18(9-11-19)21-14-27-24(25)23(28-21)22-12-20(29-32-22)17-6-4-16(5-7-17)13-26-3/h4-12,14-15,26H,13H2,1-3H3,(H2,25,27)/i1D3,2D3,3D3,8D,12D,13D2,15D. The summed E-state index contributed by atoms with van der Waals surface area (Å²) in [5.41, 5.74) is 5.95. The number of nitrogens with two attached hydrogens (primary N) is 1. The summed E-state index contributed by atoms with van der Waals surface area (Å²) in [7, 11) is -5.38. The fourth-order valence-corrected chi connectivity index (χ4v) is 3.50. The van der Waals surface area contributed by atoms with Gasteiger partial charge in [-0.15, -0.1) is 0 Å². The molecule has 0 radical (unpaired) electrons. The number of benzene rings is 2. The Morgan fingerprint density at radius 1 is 1.18 bits per heavy atom. The van der Waals surface area contributed by atoms with Crippen LogP contribution in [0.15, 0.2) is 70.2 Å². The van der Waals surface area contributed by atoms with Crippen molar-refractivity contribution in [2.24, 2.45) is 0 Å². The van der Waals surface area contributed by atoms with Crippen LogP contribution < -0.4 is 11.1 Å². The smallest absolute Gasteiger partial charge is 0.189 e. The Kier molecular flexibility index (Phi) is 3.05. The molecule has 0 spiro atoms. The van der Waals surface area contributed by atoms with E-state index in [1.807, 2.05) is 5.32 Å². The monoisotopic (exact) mass is 477 g/mol. The highest BCUT2D eigenvalue weighted by Crippen LogP contribution is 2.30. The van der Waals surface area contributed by atoms with Crippen molar-refractivity contribution in [2.75, 3.05) is 12.7 Å². The number of rotatable bonds is 7. The van der Waals surface area contributed by atoms with Crippen LogP contribution in [0.25, 0.3) is 34.0 Å². The topological polar surface area (TPSA) is 124 Å². The molecule has 2 aromatic carbocycles. The maximum atomic E-state index is 13.2. The van der Waals surface area contributed by atoms with E-state index in [9.17, 15) is 8.42 Å². The van der Waals surface area contributed by atoms with Crippen LogP contribution in [0.4, 0.5) is 5.82 Å². The minimum absolute atomic E-state index is 0.00863. The molecule has 0 amide bonds. The second-order valence-corrected chi connectivity index (χ2v) is 8.46. The molecular weight excluding hydrogens is 438 g/mol. The van der Waals surface area contributed by atoms with Gasteiger partial charge >= 0.3 is 0 Å². The van der Waals surface area contributed by atoms with Crippen LogP contribution in [0.3, 0.4) is 0 Å². The first-order valence-electron chi connectivity index (χ1n) is 16.2. The second-order valence-electron chi connectivity index (χ2n) is 6.57. The summed E-state index contributed by atoms with van der Waals surface area (Å²) in [6, 6.07) is 7.10. The van der Waals surface area contributed by atoms with Gasteiger partial charge in [0.05, 0.1) is 24.8 Å². The summed E-state index contributed by atoms with van der Waals surface area (Å²) >= 11 is 0. The number of anilines is 1. The molecule has 0 atom stereocenters. The third kappa shape index (κ3) is 4.64. The minimum Gasteiger partial charge on any atom is -0.382 e. The quantitative estimate of drug-likeness (QED) is 0.410. The molecule has 4 rings (SSSR count). The largest absolute Gasteiger partial charge is 0.382 e. The van der Waals surface area contributed by atoms with E-state index >= 15 is 0 Å². The van der Waals surface area contributed by atoms with Crippen LogP contribution in [-0.2, 0) is 16.3 Å². The SMILES string of the molecule is [2H]c1cc(S(=O)(=O)C([2H])(C([2H])([2H])[2H])C([2H])([2H])[2H])ccc1-c1cnc(N)c(-c2onc(-c3ccc(C([2H])([2H])NC([2H])([2H])[2H])cc3)c2[2H])n1. The zero-order valence-electron chi connectivity index (χ0n) is 30.7. The molecule has 0 aliphatic heterocycles. The zero-order chi connectivity index (χ0) is 35.5. The Labute approximate surface area is 212 Å². The Balaban J connectivity index is 1.71. The summed E-state index contributed by atoms with van der Waals surface area (Å²) in [6.07, 6.45) is 1.13. The van der Waals surface area contributed by atoms with Gasteiger partial charge in [-0.2, -0.15) is 0 Å². The number of sulfone groups is 1. The molecule has 0 bridgehead atoms. The van der Waals surface area contributed by atoms with Crippen molar-refractivity contribution < 1.29 is 32.1 Å². The predicted molar refractivity (Wildman–Crippen MR) is 128 cm³/mol. The van der Waals surface area contributed by atoms with Crippen LogP contribution in [0, 0.1) is 0 Å². The van der Waals surface area contributed by atoms with Crippen LogP contribution in [0.5, 0.6) is 0 Å².